The number of pyridine rings is 1. The minimum atomic E-state index is -0.457. The van der Waals surface area contributed by atoms with Gasteiger partial charge in [0.15, 0.2) is 5.82 Å². The summed E-state index contributed by atoms with van der Waals surface area (Å²) in [7, 11) is 0. The Bertz CT molecular complexity index is 1230. The highest BCUT2D eigenvalue weighted by atomic mass is 32.1. The average Bonchev–Trinajstić information content (AvgIpc) is 3.45. The number of benzene rings is 1. The molecule has 1 aromatic carbocycles. The van der Waals surface area contributed by atoms with Crippen LogP contribution in [0.25, 0.3) is 33.1 Å². The summed E-state index contributed by atoms with van der Waals surface area (Å²) in [6, 6.07) is 10.5. The van der Waals surface area contributed by atoms with Crippen molar-refractivity contribution in [2.24, 2.45) is 0 Å². The minimum Gasteiger partial charge on any atom is -0.493 e. The molecule has 4 rings (SSSR count). The van der Waals surface area contributed by atoms with Crippen LogP contribution in [-0.4, -0.2) is 26.8 Å². The summed E-state index contributed by atoms with van der Waals surface area (Å²) in [4.78, 5) is 22.1. The van der Waals surface area contributed by atoms with Crippen LogP contribution < -0.4 is 10.3 Å². The van der Waals surface area contributed by atoms with E-state index in [0.717, 1.165) is 24.1 Å². The van der Waals surface area contributed by atoms with Gasteiger partial charge in [0.2, 0.25) is 0 Å². The van der Waals surface area contributed by atoms with Crippen molar-refractivity contribution >= 4 is 11.3 Å². The molecular formula is C23H23FN4O2S. The predicted octanol–water partition coefficient (Wildman–Crippen LogP) is 5.44. The Hall–Kier alpha value is -3.26. The van der Waals surface area contributed by atoms with Gasteiger partial charge in [0.1, 0.15) is 17.9 Å². The Morgan fingerprint density at radius 3 is 2.68 bits per heavy atom. The monoisotopic (exact) mass is 438 g/mol. The Morgan fingerprint density at radius 1 is 1.13 bits per heavy atom. The van der Waals surface area contributed by atoms with Crippen molar-refractivity contribution in [3.8, 4) is 38.8 Å². The highest BCUT2D eigenvalue weighted by Gasteiger charge is 2.19. The van der Waals surface area contributed by atoms with E-state index in [1.165, 1.54) is 17.3 Å². The lowest BCUT2D eigenvalue weighted by atomic mass is 10.0. The van der Waals surface area contributed by atoms with Crippen molar-refractivity contribution in [2.75, 3.05) is 6.61 Å². The SMILES string of the molecule is CCCCOc1ccc(-c2cc(-c3ccc(CC)s3)c(-c3nc[nH]n3)c(=O)[nH]2)c(F)c1. The second kappa shape index (κ2) is 9.26. The van der Waals surface area contributed by atoms with Gasteiger partial charge in [-0.25, -0.2) is 9.37 Å². The zero-order valence-electron chi connectivity index (χ0n) is 17.4. The van der Waals surface area contributed by atoms with Gasteiger partial charge in [-0.15, -0.1) is 11.3 Å². The molecule has 0 atom stereocenters. The summed E-state index contributed by atoms with van der Waals surface area (Å²) < 4.78 is 20.5. The Kier molecular flexibility index (Phi) is 6.27. The fourth-order valence-corrected chi connectivity index (χ4v) is 4.27. The molecule has 6 nitrogen and oxygen atoms in total. The number of hydrogen-bond donors (Lipinski definition) is 2. The number of hydrogen-bond acceptors (Lipinski definition) is 5. The lowest BCUT2D eigenvalue weighted by molar-refractivity contribution is 0.308. The average molecular weight is 439 g/mol. The van der Waals surface area contributed by atoms with Gasteiger partial charge in [0.05, 0.1) is 17.9 Å². The molecular weight excluding hydrogens is 415 g/mol. The molecule has 3 aromatic heterocycles. The molecule has 0 saturated heterocycles. The molecule has 0 spiro atoms. The molecule has 3 heterocycles. The summed E-state index contributed by atoms with van der Waals surface area (Å²) >= 11 is 1.60. The summed E-state index contributed by atoms with van der Waals surface area (Å²) in [6.07, 6.45) is 4.23. The van der Waals surface area contributed by atoms with Crippen molar-refractivity contribution in [3.63, 3.8) is 0 Å². The molecule has 160 valence electrons. The zero-order chi connectivity index (χ0) is 21.8. The number of ether oxygens (including phenoxy) is 1. The van der Waals surface area contributed by atoms with Crippen LogP contribution in [0.5, 0.6) is 5.75 Å². The van der Waals surface area contributed by atoms with E-state index in [1.807, 2.05) is 12.1 Å². The van der Waals surface area contributed by atoms with E-state index in [4.69, 9.17) is 4.74 Å². The van der Waals surface area contributed by atoms with E-state index >= 15 is 0 Å². The highest BCUT2D eigenvalue weighted by molar-refractivity contribution is 7.15. The lowest BCUT2D eigenvalue weighted by Gasteiger charge is -2.11. The van der Waals surface area contributed by atoms with Crippen molar-refractivity contribution in [2.45, 2.75) is 33.1 Å². The Morgan fingerprint density at radius 2 is 2.00 bits per heavy atom. The lowest BCUT2D eigenvalue weighted by Crippen LogP contribution is -2.12. The third-order valence-corrected chi connectivity index (χ3v) is 6.21. The molecule has 0 unspecified atom stereocenters. The smallest absolute Gasteiger partial charge is 0.260 e. The number of nitrogens with zero attached hydrogens (tertiary/aromatic N) is 2. The number of aromatic amines is 2. The third kappa shape index (κ3) is 4.44. The number of halogens is 1. The van der Waals surface area contributed by atoms with Gasteiger partial charge >= 0.3 is 0 Å². The quantitative estimate of drug-likeness (QED) is 0.359. The Labute approximate surface area is 183 Å². The molecule has 0 aliphatic rings. The van der Waals surface area contributed by atoms with Crippen molar-refractivity contribution < 1.29 is 9.13 Å². The highest BCUT2D eigenvalue weighted by Crippen LogP contribution is 2.36. The largest absolute Gasteiger partial charge is 0.493 e. The van der Waals surface area contributed by atoms with Gasteiger partial charge < -0.3 is 9.72 Å². The second-order valence-corrected chi connectivity index (χ2v) is 8.26. The number of nitrogens with one attached hydrogen (secondary N) is 2. The van der Waals surface area contributed by atoms with Gasteiger partial charge in [-0.3, -0.25) is 9.89 Å². The van der Waals surface area contributed by atoms with Crippen molar-refractivity contribution in [3.05, 3.63) is 63.8 Å². The number of H-pyrrole nitrogens is 2. The summed E-state index contributed by atoms with van der Waals surface area (Å²) in [5.74, 6) is 0.316. The first kappa shape index (κ1) is 21.0. The summed E-state index contributed by atoms with van der Waals surface area (Å²) in [5, 5.41) is 6.73. The fraction of sp³-hybridized carbons (Fsp3) is 0.261. The first-order chi connectivity index (χ1) is 15.1. The van der Waals surface area contributed by atoms with Crippen LogP contribution in [0.2, 0.25) is 0 Å². The van der Waals surface area contributed by atoms with E-state index in [-0.39, 0.29) is 5.56 Å². The van der Waals surface area contributed by atoms with E-state index in [2.05, 4.69) is 34.0 Å². The second-order valence-electron chi connectivity index (χ2n) is 7.09. The van der Waals surface area contributed by atoms with E-state index < -0.39 is 5.82 Å². The van der Waals surface area contributed by atoms with Crippen LogP contribution in [0.1, 0.15) is 31.6 Å². The zero-order valence-corrected chi connectivity index (χ0v) is 18.2. The molecule has 0 amide bonds. The van der Waals surface area contributed by atoms with Gasteiger partial charge in [-0.1, -0.05) is 20.3 Å². The van der Waals surface area contributed by atoms with E-state index in [0.29, 0.717) is 40.6 Å². The standard InChI is InChI=1S/C23H23FN4O2S/c1-3-5-10-30-14-6-8-16(18(24)11-14)19-12-17(20-9-7-15(4-2)31-20)21(23(29)27-19)22-25-13-26-28-22/h6-9,11-13H,3-5,10H2,1-2H3,(H,27,29)(H,25,26,28). The topological polar surface area (TPSA) is 83.7 Å². The molecule has 0 aliphatic heterocycles. The van der Waals surface area contributed by atoms with Gasteiger partial charge in [0, 0.05) is 26.9 Å². The van der Waals surface area contributed by atoms with Gasteiger partial charge in [-0.2, -0.15) is 5.10 Å². The normalized spacial score (nSPS) is 11.1. The number of rotatable bonds is 8. The van der Waals surface area contributed by atoms with Gasteiger partial charge in [0.25, 0.3) is 5.56 Å². The van der Waals surface area contributed by atoms with Crippen LogP contribution in [-0.2, 0) is 6.42 Å². The maximum Gasteiger partial charge on any atom is 0.260 e. The van der Waals surface area contributed by atoms with Crippen LogP contribution in [0.4, 0.5) is 4.39 Å². The molecule has 0 bridgehead atoms. The maximum absolute atomic E-state index is 14.9. The van der Waals surface area contributed by atoms with E-state index in [9.17, 15) is 9.18 Å². The number of aryl methyl sites for hydroxylation is 1. The summed E-state index contributed by atoms with van der Waals surface area (Å²) in [6.45, 7) is 4.69. The molecule has 0 radical (unpaired) electrons. The maximum atomic E-state index is 14.9. The number of aromatic nitrogens is 4. The third-order valence-electron chi connectivity index (χ3n) is 4.94. The van der Waals surface area contributed by atoms with Crippen molar-refractivity contribution in [1.29, 1.82) is 0 Å². The Balaban J connectivity index is 1.80. The van der Waals surface area contributed by atoms with Crippen LogP contribution in [0.3, 0.4) is 0 Å². The predicted molar refractivity (Wildman–Crippen MR) is 121 cm³/mol. The number of thiophene rings is 1. The molecule has 31 heavy (non-hydrogen) atoms. The molecule has 0 fully saturated rings. The molecule has 0 aliphatic carbocycles. The summed E-state index contributed by atoms with van der Waals surface area (Å²) in [5.41, 5.74) is 1.35. The first-order valence-electron chi connectivity index (χ1n) is 10.3. The molecule has 4 aromatic rings. The molecule has 8 heteroatoms. The first-order valence-corrected chi connectivity index (χ1v) is 11.1. The van der Waals surface area contributed by atoms with Crippen molar-refractivity contribution in [1.82, 2.24) is 20.2 Å². The van der Waals surface area contributed by atoms with Crippen LogP contribution >= 0.6 is 11.3 Å². The minimum absolute atomic E-state index is 0.300. The van der Waals surface area contributed by atoms with Crippen LogP contribution in [0.15, 0.2) is 47.5 Å². The van der Waals surface area contributed by atoms with E-state index in [1.54, 1.807) is 29.5 Å². The number of unbranched alkanes of at least 4 members (excludes halogenated alkanes) is 1. The molecule has 0 saturated carbocycles. The fourth-order valence-electron chi connectivity index (χ4n) is 3.30. The van der Waals surface area contributed by atoms with Crippen LogP contribution in [0, 0.1) is 5.82 Å². The molecule has 2 N–H and O–H groups in total. The van der Waals surface area contributed by atoms with Gasteiger partial charge in [-0.05, 0) is 43.2 Å².